The van der Waals surface area contributed by atoms with Crippen LogP contribution in [0.2, 0.25) is 0 Å². The second-order valence-electron chi connectivity index (χ2n) is 9.78. The van der Waals surface area contributed by atoms with Gasteiger partial charge in [-0.3, -0.25) is 9.87 Å². The van der Waals surface area contributed by atoms with E-state index >= 15 is 0 Å². The van der Waals surface area contributed by atoms with Crippen molar-refractivity contribution in [1.29, 1.82) is 0 Å². The van der Waals surface area contributed by atoms with Gasteiger partial charge >= 0.3 is 22.5 Å². The molecule has 0 unspecified atom stereocenters. The molecule has 14 heteroatoms. The van der Waals surface area contributed by atoms with E-state index in [1.54, 1.807) is 26.8 Å². The highest BCUT2D eigenvalue weighted by molar-refractivity contribution is 7.80. The number of fused-ring (bicyclic) bond motifs is 2. The molecular formula is C20H29N5O8S. The normalized spacial score (nSPS) is 23.2. The topological polar surface area (TPSA) is 155 Å². The fraction of sp³-hybridized carbons (Fsp3) is 0.650. The van der Waals surface area contributed by atoms with Crippen molar-refractivity contribution in [1.82, 2.24) is 25.3 Å². The van der Waals surface area contributed by atoms with E-state index in [9.17, 15) is 18.0 Å². The highest BCUT2D eigenvalue weighted by atomic mass is 32.3. The van der Waals surface area contributed by atoms with Crippen LogP contribution in [0.5, 0.6) is 0 Å². The summed E-state index contributed by atoms with van der Waals surface area (Å²) >= 11 is 0. The quantitative estimate of drug-likeness (QED) is 0.531. The second-order valence-corrected chi connectivity index (χ2v) is 10.8. The number of alkyl carbamates (subject to hydrolysis) is 1. The highest BCUT2D eigenvalue weighted by Crippen LogP contribution is 2.38. The summed E-state index contributed by atoms with van der Waals surface area (Å²) in [5, 5.41) is 7.47. The van der Waals surface area contributed by atoms with Crippen molar-refractivity contribution in [3.63, 3.8) is 0 Å². The summed E-state index contributed by atoms with van der Waals surface area (Å²) in [6.07, 6.45) is 1.13. The standard InChI is InChI=1S/C20H29N5O8S/c1-12(21-18(26)31-20(2,3)4)23-9-13(10-23)7-15-8-16(22-32-15)17-6-5-14-11-24(17)19(27)25(14)33-34(28,29)30/h8,13-14,17H,1,5-7,9-11H2,2-4H3,(H,21,26)(H,28,29,30)/t14-,17+/m1/s1. The molecule has 4 heterocycles. The van der Waals surface area contributed by atoms with Crippen LogP contribution in [0, 0.1) is 5.92 Å². The average Bonchev–Trinajstić information content (AvgIpc) is 3.21. The van der Waals surface area contributed by atoms with Gasteiger partial charge in [-0.1, -0.05) is 11.7 Å². The first-order valence-electron chi connectivity index (χ1n) is 11.0. The first-order valence-corrected chi connectivity index (χ1v) is 12.3. The summed E-state index contributed by atoms with van der Waals surface area (Å²) < 4.78 is 46.2. The van der Waals surface area contributed by atoms with Crippen molar-refractivity contribution >= 4 is 22.5 Å². The molecule has 3 fully saturated rings. The minimum atomic E-state index is -4.79. The van der Waals surface area contributed by atoms with Gasteiger partial charge in [0.2, 0.25) is 0 Å². The fourth-order valence-electron chi connectivity index (χ4n) is 4.43. The molecule has 0 spiro atoms. The predicted octanol–water partition coefficient (Wildman–Crippen LogP) is 1.82. The maximum atomic E-state index is 12.6. The zero-order valence-corrected chi connectivity index (χ0v) is 20.1. The third-order valence-corrected chi connectivity index (χ3v) is 6.24. The molecule has 0 saturated carbocycles. The van der Waals surface area contributed by atoms with E-state index in [0.29, 0.717) is 54.7 Å². The molecule has 2 atom stereocenters. The van der Waals surface area contributed by atoms with Crippen LogP contribution in [-0.2, 0) is 25.8 Å². The number of carbonyl (C=O) groups excluding carboxylic acids is 2. The largest absolute Gasteiger partial charge is 0.444 e. The van der Waals surface area contributed by atoms with Gasteiger partial charge in [0, 0.05) is 38.0 Å². The lowest BCUT2D eigenvalue weighted by Gasteiger charge is -2.41. The van der Waals surface area contributed by atoms with E-state index in [4.69, 9.17) is 13.8 Å². The highest BCUT2D eigenvalue weighted by Gasteiger charge is 2.48. The Bertz CT molecular complexity index is 1070. The summed E-state index contributed by atoms with van der Waals surface area (Å²) in [5.41, 5.74) is -0.00484. The number of piperidine rings is 1. The lowest BCUT2D eigenvalue weighted by molar-refractivity contribution is -0.0317. The van der Waals surface area contributed by atoms with Crippen molar-refractivity contribution in [2.45, 2.75) is 57.7 Å². The van der Waals surface area contributed by atoms with Gasteiger partial charge < -0.3 is 19.1 Å². The van der Waals surface area contributed by atoms with Crippen LogP contribution in [-0.4, -0.2) is 76.4 Å². The van der Waals surface area contributed by atoms with Gasteiger partial charge in [-0.05, 0) is 33.6 Å². The maximum Gasteiger partial charge on any atom is 0.418 e. The van der Waals surface area contributed by atoms with Crippen LogP contribution in [0.4, 0.5) is 9.59 Å². The van der Waals surface area contributed by atoms with Crippen LogP contribution < -0.4 is 5.32 Å². The van der Waals surface area contributed by atoms with E-state index < -0.39 is 34.2 Å². The molecule has 0 radical (unpaired) electrons. The lowest BCUT2D eigenvalue weighted by atomic mass is 9.94. The zero-order chi connectivity index (χ0) is 24.8. The maximum absolute atomic E-state index is 12.6. The number of urea groups is 1. The molecule has 4 rings (SSSR count). The number of hydroxylamine groups is 2. The zero-order valence-electron chi connectivity index (χ0n) is 19.3. The molecule has 188 valence electrons. The number of amides is 3. The number of aromatic nitrogens is 1. The molecule has 0 aliphatic carbocycles. The van der Waals surface area contributed by atoms with Crippen LogP contribution in [0.3, 0.4) is 0 Å². The Morgan fingerprint density at radius 1 is 1.32 bits per heavy atom. The number of hydrogen-bond acceptors (Lipinski definition) is 9. The van der Waals surface area contributed by atoms with E-state index in [2.05, 4.69) is 21.3 Å². The fourth-order valence-corrected chi connectivity index (χ4v) is 4.81. The molecule has 34 heavy (non-hydrogen) atoms. The Morgan fingerprint density at radius 2 is 2.03 bits per heavy atom. The minimum Gasteiger partial charge on any atom is -0.444 e. The Kier molecular flexibility index (Phi) is 6.25. The summed E-state index contributed by atoms with van der Waals surface area (Å²) in [5.74, 6) is 1.43. The summed E-state index contributed by atoms with van der Waals surface area (Å²) in [7, 11) is -4.79. The first kappa shape index (κ1) is 24.3. The number of nitrogens with zero attached hydrogens (tertiary/aromatic N) is 4. The summed E-state index contributed by atoms with van der Waals surface area (Å²) in [6.45, 7) is 10.9. The molecule has 1 aromatic rings. The van der Waals surface area contributed by atoms with E-state index in [1.165, 1.54) is 4.90 Å². The van der Waals surface area contributed by atoms with Crippen molar-refractivity contribution < 1.29 is 36.1 Å². The molecular weight excluding hydrogens is 470 g/mol. The number of rotatable bonds is 7. The molecule has 3 aliphatic heterocycles. The van der Waals surface area contributed by atoms with E-state index in [0.717, 1.165) is 0 Å². The van der Waals surface area contributed by atoms with Gasteiger partial charge in [0.15, 0.2) is 0 Å². The molecule has 3 amide bonds. The number of ether oxygens (including phenoxy) is 1. The van der Waals surface area contributed by atoms with Gasteiger partial charge in [-0.15, -0.1) is 4.28 Å². The Hall–Kier alpha value is -2.84. The third kappa shape index (κ3) is 5.45. The van der Waals surface area contributed by atoms with Gasteiger partial charge in [0.25, 0.3) is 0 Å². The van der Waals surface area contributed by atoms with Gasteiger partial charge in [-0.25, -0.2) is 9.59 Å². The van der Waals surface area contributed by atoms with Crippen molar-refractivity contribution in [3.05, 3.63) is 29.9 Å². The number of carbonyl (C=O) groups is 2. The minimum absolute atomic E-state index is 0.269. The first-order chi connectivity index (χ1) is 15.8. The van der Waals surface area contributed by atoms with Gasteiger partial charge in [0.1, 0.15) is 22.9 Å². The molecule has 3 saturated heterocycles. The van der Waals surface area contributed by atoms with Crippen molar-refractivity contribution in [2.24, 2.45) is 5.92 Å². The predicted molar refractivity (Wildman–Crippen MR) is 116 cm³/mol. The number of nitrogens with one attached hydrogen (secondary N) is 1. The van der Waals surface area contributed by atoms with Crippen LogP contribution in [0.25, 0.3) is 0 Å². The molecule has 0 aromatic carbocycles. The summed E-state index contributed by atoms with van der Waals surface area (Å²) in [6, 6.07) is 0.341. The third-order valence-electron chi connectivity index (χ3n) is 5.89. The molecule has 13 nitrogen and oxygen atoms in total. The Morgan fingerprint density at radius 3 is 2.68 bits per heavy atom. The number of likely N-dealkylation sites (tertiary alicyclic amines) is 1. The molecule has 3 aliphatic rings. The van der Waals surface area contributed by atoms with Gasteiger partial charge in [-0.2, -0.15) is 13.5 Å². The van der Waals surface area contributed by atoms with E-state index in [-0.39, 0.29) is 18.5 Å². The Labute approximate surface area is 197 Å². The van der Waals surface area contributed by atoms with Crippen molar-refractivity contribution in [3.8, 4) is 0 Å². The SMILES string of the molecule is C=C(NC(=O)OC(C)(C)C)N1CC(Cc2cc([C@@H]3CC[C@@H]4CN3C(=O)N4OS(=O)(=O)O)no2)C1. The average molecular weight is 500 g/mol. The van der Waals surface area contributed by atoms with Crippen LogP contribution in [0.15, 0.2) is 23.0 Å². The van der Waals surface area contributed by atoms with Gasteiger partial charge in [0.05, 0.1) is 12.1 Å². The second kappa shape index (κ2) is 8.74. The summed E-state index contributed by atoms with van der Waals surface area (Å²) in [4.78, 5) is 27.9. The van der Waals surface area contributed by atoms with Crippen LogP contribution in [0.1, 0.15) is 51.1 Å². The van der Waals surface area contributed by atoms with E-state index in [1.807, 2.05) is 4.90 Å². The van der Waals surface area contributed by atoms with Crippen LogP contribution >= 0.6 is 0 Å². The molecule has 2 bridgehead atoms. The Balaban J connectivity index is 1.28. The van der Waals surface area contributed by atoms with Crippen molar-refractivity contribution in [2.75, 3.05) is 19.6 Å². The number of hydrogen-bond donors (Lipinski definition) is 2. The smallest absolute Gasteiger partial charge is 0.418 e. The molecule has 2 N–H and O–H groups in total. The monoisotopic (exact) mass is 499 g/mol. The molecule has 1 aromatic heterocycles. The lowest BCUT2D eigenvalue weighted by Crippen LogP contribution is -2.50.